The topological polar surface area (TPSA) is 30.9 Å². The number of nitrogens with zero attached hydrogens (tertiary/aromatic N) is 3. The lowest BCUT2D eigenvalue weighted by atomic mass is 9.97. The number of hydrogen-bond donors (Lipinski definition) is 1. The zero-order valence-electron chi connectivity index (χ0n) is 15.1. The molecule has 130 valence electrons. The smallest absolute Gasteiger partial charge is 0.193 e. The molecule has 2 heterocycles. The van der Waals surface area contributed by atoms with E-state index in [0.717, 1.165) is 30.9 Å². The molecule has 1 aliphatic heterocycles. The monoisotopic (exact) mass is 336 g/mol. The maximum atomic E-state index is 4.44. The summed E-state index contributed by atoms with van der Waals surface area (Å²) in [7, 11) is 3.98. The molecule has 4 nitrogen and oxygen atoms in total. The van der Waals surface area contributed by atoms with E-state index in [4.69, 9.17) is 0 Å². The van der Waals surface area contributed by atoms with E-state index in [0.29, 0.717) is 0 Å². The van der Waals surface area contributed by atoms with Crippen LogP contribution in [0.5, 0.6) is 0 Å². The Morgan fingerprint density at radius 2 is 2.35 bits per heavy atom. The van der Waals surface area contributed by atoms with Crippen molar-refractivity contribution in [2.45, 2.75) is 33.2 Å². The largest absolute Gasteiger partial charge is 0.356 e. The Morgan fingerprint density at radius 1 is 1.52 bits per heavy atom. The van der Waals surface area contributed by atoms with Gasteiger partial charge in [0.05, 0.1) is 0 Å². The summed E-state index contributed by atoms with van der Waals surface area (Å²) < 4.78 is 0. The van der Waals surface area contributed by atoms with Gasteiger partial charge in [-0.25, -0.2) is 0 Å². The molecule has 1 aliphatic rings. The molecule has 0 saturated carbocycles. The van der Waals surface area contributed by atoms with Crippen LogP contribution in [0, 0.1) is 11.8 Å². The first kappa shape index (κ1) is 18.3. The number of rotatable bonds is 6. The fourth-order valence-electron chi connectivity index (χ4n) is 3.35. The molecule has 1 atom stereocenters. The number of likely N-dealkylation sites (tertiary alicyclic amines) is 1. The number of guanidine groups is 1. The lowest BCUT2D eigenvalue weighted by molar-refractivity contribution is 0.159. The molecule has 0 spiro atoms. The summed E-state index contributed by atoms with van der Waals surface area (Å²) >= 11 is 1.75. The minimum atomic E-state index is 0.730. The highest BCUT2D eigenvalue weighted by Crippen LogP contribution is 2.17. The highest BCUT2D eigenvalue weighted by atomic mass is 32.1. The second-order valence-corrected chi connectivity index (χ2v) is 7.86. The van der Waals surface area contributed by atoms with Gasteiger partial charge in [-0.1, -0.05) is 13.8 Å². The minimum Gasteiger partial charge on any atom is -0.356 e. The maximum Gasteiger partial charge on any atom is 0.193 e. The van der Waals surface area contributed by atoms with E-state index >= 15 is 0 Å². The van der Waals surface area contributed by atoms with Gasteiger partial charge in [-0.2, -0.15) is 11.3 Å². The lowest BCUT2D eigenvalue weighted by Gasteiger charge is -2.34. The predicted molar refractivity (Wildman–Crippen MR) is 101 cm³/mol. The van der Waals surface area contributed by atoms with Gasteiger partial charge in [0.25, 0.3) is 0 Å². The molecule has 5 heteroatoms. The number of piperidine rings is 1. The van der Waals surface area contributed by atoms with Gasteiger partial charge < -0.3 is 15.1 Å². The van der Waals surface area contributed by atoms with Crippen molar-refractivity contribution >= 4 is 17.3 Å². The molecule has 2 rings (SSSR count). The average molecular weight is 337 g/mol. The van der Waals surface area contributed by atoms with E-state index in [1.165, 1.54) is 38.0 Å². The number of nitrogens with one attached hydrogen (secondary N) is 1. The molecular weight excluding hydrogens is 304 g/mol. The summed E-state index contributed by atoms with van der Waals surface area (Å²) in [6.07, 6.45) is 2.65. The van der Waals surface area contributed by atoms with Crippen molar-refractivity contribution in [1.82, 2.24) is 15.1 Å². The van der Waals surface area contributed by atoms with Crippen LogP contribution in [0.2, 0.25) is 0 Å². The van der Waals surface area contributed by atoms with Crippen LogP contribution in [0.4, 0.5) is 0 Å². The number of hydrogen-bond acceptors (Lipinski definition) is 3. The van der Waals surface area contributed by atoms with Crippen LogP contribution >= 0.6 is 11.3 Å². The molecule has 0 aliphatic carbocycles. The van der Waals surface area contributed by atoms with Crippen LogP contribution in [0.1, 0.15) is 32.3 Å². The van der Waals surface area contributed by atoms with Crippen LogP contribution in [0.3, 0.4) is 0 Å². The van der Waals surface area contributed by atoms with Gasteiger partial charge in [-0.15, -0.1) is 0 Å². The van der Waals surface area contributed by atoms with E-state index in [2.05, 4.69) is 57.8 Å². The summed E-state index contributed by atoms with van der Waals surface area (Å²) in [6.45, 7) is 10.3. The van der Waals surface area contributed by atoms with Gasteiger partial charge >= 0.3 is 0 Å². The van der Waals surface area contributed by atoms with Gasteiger partial charge in [-0.3, -0.25) is 4.99 Å². The molecular formula is C18H32N4S. The zero-order valence-corrected chi connectivity index (χ0v) is 15.9. The average Bonchev–Trinajstić information content (AvgIpc) is 3.00. The Hall–Kier alpha value is -1.07. The van der Waals surface area contributed by atoms with Crippen molar-refractivity contribution in [3.8, 4) is 0 Å². The van der Waals surface area contributed by atoms with E-state index in [9.17, 15) is 0 Å². The Balaban J connectivity index is 1.78. The molecule has 1 N–H and O–H groups in total. The molecule has 0 radical (unpaired) electrons. The van der Waals surface area contributed by atoms with Crippen molar-refractivity contribution in [2.75, 3.05) is 40.3 Å². The van der Waals surface area contributed by atoms with Gasteiger partial charge in [0, 0.05) is 40.3 Å². The highest BCUT2D eigenvalue weighted by molar-refractivity contribution is 7.07. The molecule has 1 aromatic heterocycles. The Bertz CT molecular complexity index is 469. The van der Waals surface area contributed by atoms with E-state index in [-0.39, 0.29) is 0 Å². The summed E-state index contributed by atoms with van der Waals surface area (Å²) in [5.74, 6) is 2.48. The Kier molecular flexibility index (Phi) is 7.37. The lowest BCUT2D eigenvalue weighted by Crippen LogP contribution is -2.45. The third kappa shape index (κ3) is 6.15. The van der Waals surface area contributed by atoms with Gasteiger partial charge in [-0.05, 0) is 53.6 Å². The quantitative estimate of drug-likeness (QED) is 0.640. The fraction of sp³-hybridized carbons (Fsp3) is 0.722. The second-order valence-electron chi connectivity index (χ2n) is 7.08. The first-order valence-electron chi connectivity index (χ1n) is 8.73. The first-order chi connectivity index (χ1) is 11.1. The second kappa shape index (κ2) is 9.28. The Morgan fingerprint density at radius 3 is 3.00 bits per heavy atom. The standard InChI is InChI=1S/C18H32N4S/c1-15(2)11-22-8-5-6-16(13-22)10-20-18(19-3)21(4)12-17-7-9-23-14-17/h7,9,14-16H,5-6,8,10-13H2,1-4H3,(H,19,20). The number of thiophene rings is 1. The maximum absolute atomic E-state index is 4.44. The molecule has 23 heavy (non-hydrogen) atoms. The predicted octanol–water partition coefficient (Wildman–Crippen LogP) is 3.12. The molecule has 1 saturated heterocycles. The van der Waals surface area contributed by atoms with E-state index in [1.807, 2.05) is 7.05 Å². The SMILES string of the molecule is CN=C(NCC1CCCN(CC(C)C)C1)N(C)Cc1ccsc1. The van der Waals surface area contributed by atoms with Gasteiger partial charge in [0.15, 0.2) is 5.96 Å². The van der Waals surface area contributed by atoms with Crippen molar-refractivity contribution in [1.29, 1.82) is 0 Å². The van der Waals surface area contributed by atoms with E-state index in [1.54, 1.807) is 11.3 Å². The zero-order chi connectivity index (χ0) is 16.7. The van der Waals surface area contributed by atoms with E-state index < -0.39 is 0 Å². The molecule has 1 aromatic rings. The molecule has 1 unspecified atom stereocenters. The summed E-state index contributed by atoms with van der Waals surface area (Å²) in [5.41, 5.74) is 1.35. The van der Waals surface area contributed by atoms with Crippen LogP contribution < -0.4 is 5.32 Å². The van der Waals surface area contributed by atoms with Crippen LogP contribution in [-0.2, 0) is 6.54 Å². The van der Waals surface area contributed by atoms with Crippen LogP contribution in [-0.4, -0.2) is 56.0 Å². The van der Waals surface area contributed by atoms with Crippen molar-refractivity contribution in [3.05, 3.63) is 22.4 Å². The third-order valence-corrected chi connectivity index (χ3v) is 5.08. The summed E-state index contributed by atoms with van der Waals surface area (Å²) in [4.78, 5) is 9.27. The molecule has 0 amide bonds. The summed E-state index contributed by atoms with van der Waals surface area (Å²) in [5, 5.41) is 7.91. The normalized spacial score (nSPS) is 20.0. The minimum absolute atomic E-state index is 0.730. The molecule has 0 bridgehead atoms. The Labute approximate surface area is 145 Å². The van der Waals surface area contributed by atoms with Crippen molar-refractivity contribution in [3.63, 3.8) is 0 Å². The molecule has 0 aromatic carbocycles. The van der Waals surface area contributed by atoms with Gasteiger partial charge in [0.2, 0.25) is 0 Å². The fourth-order valence-corrected chi connectivity index (χ4v) is 4.01. The summed E-state index contributed by atoms with van der Waals surface area (Å²) in [6, 6.07) is 2.18. The molecule has 1 fully saturated rings. The van der Waals surface area contributed by atoms with Crippen molar-refractivity contribution < 1.29 is 0 Å². The van der Waals surface area contributed by atoms with Crippen LogP contribution in [0.25, 0.3) is 0 Å². The third-order valence-electron chi connectivity index (χ3n) is 4.35. The number of aliphatic imine (C=N–C) groups is 1. The highest BCUT2D eigenvalue weighted by Gasteiger charge is 2.21. The van der Waals surface area contributed by atoms with Gasteiger partial charge in [0.1, 0.15) is 0 Å². The first-order valence-corrected chi connectivity index (χ1v) is 9.68. The van der Waals surface area contributed by atoms with Crippen LogP contribution in [0.15, 0.2) is 21.8 Å². The van der Waals surface area contributed by atoms with Crippen molar-refractivity contribution in [2.24, 2.45) is 16.8 Å².